The van der Waals surface area contributed by atoms with Crippen molar-refractivity contribution < 1.29 is 9.53 Å². The Morgan fingerprint density at radius 1 is 1.02 bits per heavy atom. The van der Waals surface area contributed by atoms with E-state index in [-0.39, 0.29) is 5.91 Å². The molecule has 1 saturated carbocycles. The first-order chi connectivity index (χ1) is 20.2. The number of aromatic nitrogens is 5. The molecule has 0 unspecified atom stereocenters. The number of rotatable bonds is 1. The van der Waals surface area contributed by atoms with Crippen LogP contribution in [-0.4, -0.2) is 62.0 Å². The van der Waals surface area contributed by atoms with Gasteiger partial charge in [0.1, 0.15) is 0 Å². The summed E-state index contributed by atoms with van der Waals surface area (Å²) in [5.41, 5.74) is 6.81. The van der Waals surface area contributed by atoms with Gasteiger partial charge >= 0.3 is 0 Å². The predicted molar refractivity (Wildman–Crippen MR) is 164 cm³/mol. The van der Waals surface area contributed by atoms with E-state index in [9.17, 15) is 4.79 Å². The van der Waals surface area contributed by atoms with E-state index in [4.69, 9.17) is 14.7 Å². The van der Waals surface area contributed by atoms with Crippen LogP contribution in [0.4, 0.5) is 11.6 Å². The van der Waals surface area contributed by atoms with Crippen molar-refractivity contribution in [2.24, 2.45) is 18.9 Å². The third-order valence-electron chi connectivity index (χ3n) is 9.24. The molecule has 7 rings (SSSR count). The number of imidazole rings is 1. The molecule has 220 valence electrons. The van der Waals surface area contributed by atoms with Crippen LogP contribution < -0.4 is 20.3 Å². The molecular formula is C32H40N8O2. The molecule has 10 nitrogen and oxygen atoms in total. The van der Waals surface area contributed by atoms with Gasteiger partial charge in [-0.05, 0) is 89.1 Å². The fraction of sp³-hybridized carbons (Fsp3) is 0.500. The van der Waals surface area contributed by atoms with Gasteiger partial charge in [0.25, 0.3) is 5.91 Å². The van der Waals surface area contributed by atoms with Crippen LogP contribution in [0.3, 0.4) is 0 Å². The van der Waals surface area contributed by atoms with Gasteiger partial charge in [-0.1, -0.05) is 0 Å². The molecule has 10 heteroatoms. The second kappa shape index (κ2) is 10.4. The van der Waals surface area contributed by atoms with Crippen LogP contribution in [0.25, 0.3) is 22.3 Å². The number of pyridine rings is 1. The Labute approximate surface area is 246 Å². The number of fused-ring (bicyclic) bond motifs is 9. The van der Waals surface area contributed by atoms with Crippen molar-refractivity contribution >= 4 is 28.6 Å². The minimum Gasteiger partial charge on any atom is -0.477 e. The summed E-state index contributed by atoms with van der Waals surface area (Å²) >= 11 is 0. The molecule has 1 amide bonds. The molecule has 2 fully saturated rings. The van der Waals surface area contributed by atoms with Crippen molar-refractivity contribution in [2.45, 2.75) is 65.6 Å². The molecule has 4 bridgehead atoms. The van der Waals surface area contributed by atoms with E-state index in [2.05, 4.69) is 57.2 Å². The Morgan fingerprint density at radius 2 is 1.86 bits per heavy atom. The summed E-state index contributed by atoms with van der Waals surface area (Å²) in [6, 6.07) is 11.0. The summed E-state index contributed by atoms with van der Waals surface area (Å²) in [6.45, 7) is 11.7. The predicted octanol–water partition coefficient (Wildman–Crippen LogP) is 4.70. The summed E-state index contributed by atoms with van der Waals surface area (Å²) in [7, 11) is 1.90. The Balaban J connectivity index is 1.32. The Hall–Kier alpha value is -3.92. The van der Waals surface area contributed by atoms with E-state index in [1.54, 1.807) is 4.68 Å². The van der Waals surface area contributed by atoms with Crippen molar-refractivity contribution in [2.75, 3.05) is 29.9 Å². The smallest absolute Gasteiger partial charge is 0.258 e. The molecule has 5 heterocycles. The monoisotopic (exact) mass is 568 g/mol. The van der Waals surface area contributed by atoms with Gasteiger partial charge in [-0.15, -0.1) is 0 Å². The summed E-state index contributed by atoms with van der Waals surface area (Å²) in [5, 5.41) is 11.4. The summed E-state index contributed by atoms with van der Waals surface area (Å²) in [5.74, 6) is 2.02. The maximum Gasteiger partial charge on any atom is 0.258 e. The molecule has 42 heavy (non-hydrogen) atoms. The maximum absolute atomic E-state index is 13.8. The molecule has 0 spiro atoms. The molecule has 1 saturated heterocycles. The minimum absolute atomic E-state index is 0.203. The Morgan fingerprint density at radius 3 is 2.71 bits per heavy atom. The highest BCUT2D eigenvalue weighted by molar-refractivity contribution is 6.05. The van der Waals surface area contributed by atoms with Crippen LogP contribution in [0.2, 0.25) is 0 Å². The molecule has 3 aliphatic rings. The summed E-state index contributed by atoms with van der Waals surface area (Å²) in [6.07, 6.45) is 3.29. The molecule has 1 aliphatic carbocycles. The SMILES string of the molecule is Cc1cc2cc(n1)-c1c(C)nn(C)c1OC[C@H]1CC[C@H](C1)Cn1c(nc3ccc(N4C[C@H](C)NC[C@H]4C)cc31)NC2=O. The zero-order valence-corrected chi connectivity index (χ0v) is 25.1. The lowest BCUT2D eigenvalue weighted by molar-refractivity contribution is 0.102. The molecule has 3 aromatic heterocycles. The van der Waals surface area contributed by atoms with Gasteiger partial charge in [0, 0.05) is 55.7 Å². The first-order valence-corrected chi connectivity index (χ1v) is 15.2. The van der Waals surface area contributed by atoms with E-state index >= 15 is 0 Å². The van der Waals surface area contributed by atoms with Gasteiger partial charge < -0.3 is 19.5 Å². The van der Waals surface area contributed by atoms with Crippen LogP contribution in [0.5, 0.6) is 5.88 Å². The number of ether oxygens (including phenoxy) is 1. The number of hydrogen-bond acceptors (Lipinski definition) is 7. The number of benzene rings is 1. The first-order valence-electron chi connectivity index (χ1n) is 15.2. The van der Waals surface area contributed by atoms with Crippen LogP contribution in [0, 0.1) is 25.7 Å². The lowest BCUT2D eigenvalue weighted by Gasteiger charge is -2.39. The fourth-order valence-electron chi connectivity index (χ4n) is 7.10. The Bertz CT molecular complexity index is 1670. The molecule has 1 aromatic carbocycles. The fourth-order valence-corrected chi connectivity index (χ4v) is 7.10. The van der Waals surface area contributed by atoms with Gasteiger partial charge in [0.05, 0.1) is 34.6 Å². The second-order valence-electron chi connectivity index (χ2n) is 12.6. The largest absolute Gasteiger partial charge is 0.477 e. The minimum atomic E-state index is -0.203. The zero-order valence-electron chi connectivity index (χ0n) is 25.1. The second-order valence-corrected chi connectivity index (χ2v) is 12.6. The number of piperazine rings is 1. The third-order valence-corrected chi connectivity index (χ3v) is 9.24. The number of amides is 1. The molecule has 2 aliphatic heterocycles. The van der Waals surface area contributed by atoms with Gasteiger partial charge in [0.15, 0.2) is 0 Å². The normalized spacial score (nSPS) is 24.4. The number of hydrogen-bond donors (Lipinski definition) is 2. The maximum atomic E-state index is 13.8. The quantitative estimate of drug-likeness (QED) is 0.343. The van der Waals surface area contributed by atoms with Crippen LogP contribution in [0.15, 0.2) is 30.3 Å². The van der Waals surface area contributed by atoms with E-state index in [0.717, 1.165) is 66.9 Å². The van der Waals surface area contributed by atoms with E-state index in [1.807, 2.05) is 33.0 Å². The molecule has 0 radical (unpaired) electrons. The highest BCUT2D eigenvalue weighted by Gasteiger charge is 2.30. The van der Waals surface area contributed by atoms with Crippen molar-refractivity contribution in [3.8, 4) is 17.1 Å². The number of carbonyl (C=O) groups excluding carboxylic acids is 1. The number of nitrogens with one attached hydrogen (secondary N) is 2. The zero-order chi connectivity index (χ0) is 29.1. The number of aryl methyl sites for hydroxylation is 3. The van der Waals surface area contributed by atoms with Crippen molar-refractivity contribution in [3.63, 3.8) is 0 Å². The van der Waals surface area contributed by atoms with E-state index < -0.39 is 0 Å². The highest BCUT2D eigenvalue weighted by Crippen LogP contribution is 2.38. The first kappa shape index (κ1) is 26.9. The van der Waals surface area contributed by atoms with Crippen LogP contribution >= 0.6 is 0 Å². The number of anilines is 2. The highest BCUT2D eigenvalue weighted by atomic mass is 16.5. The van der Waals surface area contributed by atoms with Crippen molar-refractivity contribution in [1.29, 1.82) is 0 Å². The summed E-state index contributed by atoms with van der Waals surface area (Å²) < 4.78 is 10.5. The van der Waals surface area contributed by atoms with Gasteiger partial charge in [0.2, 0.25) is 11.8 Å². The number of nitrogens with zero attached hydrogens (tertiary/aromatic N) is 6. The topological polar surface area (TPSA) is 102 Å². The average Bonchev–Trinajstić information content (AvgIpc) is 3.63. The molecular weight excluding hydrogens is 528 g/mol. The summed E-state index contributed by atoms with van der Waals surface area (Å²) in [4.78, 5) is 26.0. The average molecular weight is 569 g/mol. The number of carbonyl (C=O) groups is 1. The van der Waals surface area contributed by atoms with Crippen molar-refractivity contribution in [3.05, 3.63) is 47.3 Å². The third kappa shape index (κ3) is 4.81. The van der Waals surface area contributed by atoms with E-state index in [1.165, 1.54) is 5.69 Å². The lowest BCUT2D eigenvalue weighted by atomic mass is 10.1. The van der Waals surface area contributed by atoms with Gasteiger partial charge in [-0.25, -0.2) is 9.67 Å². The van der Waals surface area contributed by atoms with E-state index in [0.29, 0.717) is 53.6 Å². The van der Waals surface area contributed by atoms with Crippen molar-refractivity contribution in [1.82, 2.24) is 29.6 Å². The lowest BCUT2D eigenvalue weighted by Crippen LogP contribution is -2.54. The standard InChI is InChI=1S/C32H40N8O2/c1-18-10-24-12-27(34-18)29-21(4)37-38(5)31(29)42-17-23-7-6-22(11-23)16-40-28-13-25(39-15-19(2)33-14-20(39)3)8-9-26(28)35-32(40)36-30(24)41/h8-10,12-13,19-20,22-23,33H,6-7,11,14-17H2,1-5H3,(H,35,36,41)/t19-,20+,22+,23-/m0/s1. The molecule has 2 N–H and O–H groups in total. The van der Waals surface area contributed by atoms with Gasteiger partial charge in [-0.3, -0.25) is 15.1 Å². The Kier molecular flexibility index (Phi) is 6.68. The molecule has 4 atom stereocenters. The van der Waals surface area contributed by atoms with Gasteiger partial charge in [-0.2, -0.15) is 5.10 Å². The van der Waals surface area contributed by atoms with Crippen LogP contribution in [0.1, 0.15) is 54.9 Å². The van der Waals surface area contributed by atoms with Crippen LogP contribution in [-0.2, 0) is 13.6 Å². The molecule has 4 aromatic rings.